The molecule has 3 heterocycles. The van der Waals surface area contributed by atoms with Crippen molar-refractivity contribution in [3.8, 4) is 11.1 Å². The van der Waals surface area contributed by atoms with Crippen LogP contribution in [0.25, 0.3) is 11.1 Å². The molecule has 1 saturated heterocycles. The lowest BCUT2D eigenvalue weighted by molar-refractivity contribution is -0.0254. The molecule has 1 aliphatic carbocycles. The van der Waals surface area contributed by atoms with Crippen LogP contribution in [-0.4, -0.2) is 75.2 Å². The summed E-state index contributed by atoms with van der Waals surface area (Å²) >= 11 is 6.40. The van der Waals surface area contributed by atoms with E-state index in [0.29, 0.717) is 45.1 Å². The van der Waals surface area contributed by atoms with Crippen LogP contribution in [0.1, 0.15) is 75.4 Å². The van der Waals surface area contributed by atoms with Crippen LogP contribution in [0.2, 0.25) is 5.28 Å². The van der Waals surface area contributed by atoms with E-state index in [1.54, 1.807) is 11.9 Å². The summed E-state index contributed by atoms with van der Waals surface area (Å²) in [6.07, 6.45) is 3.33. The number of carbonyl (C=O) groups excluding carboxylic acids is 2. The molecule has 3 amide bonds. The third-order valence-electron chi connectivity index (χ3n) is 8.91. The second-order valence-corrected chi connectivity index (χ2v) is 14.3. The highest BCUT2D eigenvalue weighted by Crippen LogP contribution is 2.36. The summed E-state index contributed by atoms with van der Waals surface area (Å²) in [4.78, 5) is 40.7. The van der Waals surface area contributed by atoms with Gasteiger partial charge in [0.1, 0.15) is 11.4 Å². The fourth-order valence-corrected chi connectivity index (χ4v) is 6.49. The van der Waals surface area contributed by atoms with Crippen molar-refractivity contribution in [3.05, 3.63) is 76.2 Å². The van der Waals surface area contributed by atoms with Crippen molar-refractivity contribution in [1.82, 2.24) is 24.7 Å². The number of aromatic nitrogens is 2. The Kier molecular flexibility index (Phi) is 9.62. The van der Waals surface area contributed by atoms with Crippen LogP contribution in [0.15, 0.2) is 48.5 Å². The molecule has 11 heteroatoms. The van der Waals surface area contributed by atoms with Crippen LogP contribution in [0.4, 0.5) is 15.4 Å². The fourth-order valence-electron chi connectivity index (χ4n) is 6.30. The third-order valence-corrected chi connectivity index (χ3v) is 9.08. The molecule has 0 radical (unpaired) electrons. The molecule has 3 aromatic rings. The molecule has 250 valence electrons. The number of nitrogens with zero attached hydrogens (tertiary/aromatic N) is 5. The van der Waals surface area contributed by atoms with E-state index in [-0.39, 0.29) is 29.6 Å². The summed E-state index contributed by atoms with van der Waals surface area (Å²) in [7, 11) is 1.75. The average Bonchev–Trinajstić information content (AvgIpc) is 3.74. The van der Waals surface area contributed by atoms with Crippen molar-refractivity contribution in [2.24, 2.45) is 5.92 Å². The first kappa shape index (κ1) is 33.0. The Balaban J connectivity index is 1.15. The Hall–Kier alpha value is -3.89. The van der Waals surface area contributed by atoms with Gasteiger partial charge in [-0.25, -0.2) is 19.6 Å². The van der Waals surface area contributed by atoms with Crippen LogP contribution in [0, 0.1) is 5.92 Å². The Morgan fingerprint density at radius 3 is 2.66 bits per heavy atom. The lowest BCUT2D eigenvalue weighted by Gasteiger charge is -2.35. The van der Waals surface area contributed by atoms with Gasteiger partial charge in [-0.3, -0.25) is 0 Å². The molecule has 1 N–H and O–H groups in total. The van der Waals surface area contributed by atoms with E-state index in [0.717, 1.165) is 45.8 Å². The Morgan fingerprint density at radius 2 is 1.89 bits per heavy atom. The van der Waals surface area contributed by atoms with Gasteiger partial charge in [-0.2, -0.15) is 0 Å². The number of hydrogen-bond donors (Lipinski definition) is 1. The number of rotatable bonds is 8. The maximum absolute atomic E-state index is 13.6. The first-order valence-electron chi connectivity index (χ1n) is 16.5. The van der Waals surface area contributed by atoms with E-state index >= 15 is 0 Å². The van der Waals surface area contributed by atoms with Gasteiger partial charge in [0.25, 0.3) is 0 Å². The molecular weight excluding hydrogens is 616 g/mol. The molecule has 47 heavy (non-hydrogen) atoms. The van der Waals surface area contributed by atoms with Gasteiger partial charge < -0.3 is 29.5 Å². The van der Waals surface area contributed by atoms with Crippen LogP contribution in [0.5, 0.6) is 0 Å². The molecule has 2 aliphatic heterocycles. The van der Waals surface area contributed by atoms with Crippen molar-refractivity contribution in [2.75, 3.05) is 32.1 Å². The molecule has 6 rings (SSSR count). The standard InChI is InChI=1S/C36H45ClN6O4/c1-23(25-10-8-11-26(18-25)29-12-7-6-9-27(29)19-41(5)35(45)47-36(2,3)4)38-32-30-21-43(22-31(30)39-33(37)40-32)34(44)42-15-16-46-28(20-42)17-24-13-14-24/h6-12,18,23-24,28H,13-17,19-22H2,1-5H3,(H,38,39,40). The van der Waals surface area contributed by atoms with Gasteiger partial charge in [0.15, 0.2) is 0 Å². The van der Waals surface area contributed by atoms with Gasteiger partial charge in [-0.15, -0.1) is 0 Å². The number of halogens is 1. The minimum absolute atomic E-state index is 0.00546. The molecule has 1 saturated carbocycles. The van der Waals surface area contributed by atoms with E-state index in [2.05, 4.69) is 46.5 Å². The summed E-state index contributed by atoms with van der Waals surface area (Å²) in [5.74, 6) is 1.39. The number of urea groups is 1. The van der Waals surface area contributed by atoms with Gasteiger partial charge in [0.2, 0.25) is 5.28 Å². The van der Waals surface area contributed by atoms with E-state index in [1.807, 2.05) is 54.8 Å². The average molecular weight is 661 g/mol. The molecule has 2 unspecified atom stereocenters. The third kappa shape index (κ3) is 8.16. The van der Waals surface area contributed by atoms with Crippen LogP contribution in [-0.2, 0) is 29.1 Å². The number of hydrogen-bond acceptors (Lipinski definition) is 7. The summed E-state index contributed by atoms with van der Waals surface area (Å²) < 4.78 is 11.5. The van der Waals surface area contributed by atoms with Crippen molar-refractivity contribution in [1.29, 1.82) is 0 Å². The predicted octanol–water partition coefficient (Wildman–Crippen LogP) is 7.27. The first-order chi connectivity index (χ1) is 22.4. The van der Waals surface area contributed by atoms with Gasteiger partial charge in [-0.05, 0) is 80.0 Å². The van der Waals surface area contributed by atoms with Gasteiger partial charge >= 0.3 is 12.1 Å². The zero-order valence-electron chi connectivity index (χ0n) is 28.0. The Morgan fingerprint density at radius 1 is 1.11 bits per heavy atom. The van der Waals surface area contributed by atoms with Crippen LogP contribution < -0.4 is 5.32 Å². The maximum atomic E-state index is 13.6. The molecule has 2 atom stereocenters. The van der Waals surface area contributed by atoms with Gasteiger partial charge in [-0.1, -0.05) is 55.3 Å². The Labute approximate surface area is 282 Å². The molecule has 3 aliphatic rings. The van der Waals surface area contributed by atoms with E-state index in [1.165, 1.54) is 12.8 Å². The van der Waals surface area contributed by atoms with Crippen molar-refractivity contribution in [3.63, 3.8) is 0 Å². The number of carbonyl (C=O) groups is 2. The highest BCUT2D eigenvalue weighted by molar-refractivity contribution is 6.28. The number of ether oxygens (including phenoxy) is 2. The smallest absolute Gasteiger partial charge is 0.410 e. The summed E-state index contributed by atoms with van der Waals surface area (Å²) in [6, 6.07) is 16.3. The molecular formula is C36H45ClN6O4. The van der Waals surface area contributed by atoms with Crippen LogP contribution in [0.3, 0.4) is 0 Å². The molecule has 2 fully saturated rings. The van der Waals surface area contributed by atoms with E-state index in [4.69, 9.17) is 21.1 Å². The summed E-state index contributed by atoms with van der Waals surface area (Å²) in [5.41, 5.74) is 5.25. The maximum Gasteiger partial charge on any atom is 0.410 e. The lowest BCUT2D eigenvalue weighted by atomic mass is 9.96. The second-order valence-electron chi connectivity index (χ2n) is 14.0. The lowest BCUT2D eigenvalue weighted by Crippen LogP contribution is -2.49. The van der Waals surface area contributed by atoms with Gasteiger partial charge in [0.05, 0.1) is 31.5 Å². The minimum Gasteiger partial charge on any atom is -0.444 e. The summed E-state index contributed by atoms with van der Waals surface area (Å²) in [6.45, 7) is 10.7. The molecule has 10 nitrogen and oxygen atoms in total. The number of nitrogens with one attached hydrogen (secondary N) is 1. The second kappa shape index (κ2) is 13.7. The van der Waals surface area contributed by atoms with Gasteiger partial charge in [0, 0.05) is 38.3 Å². The van der Waals surface area contributed by atoms with Crippen LogP contribution >= 0.6 is 11.6 Å². The summed E-state index contributed by atoms with van der Waals surface area (Å²) in [5, 5.41) is 3.71. The normalized spacial score (nSPS) is 18.5. The predicted molar refractivity (Wildman–Crippen MR) is 182 cm³/mol. The monoisotopic (exact) mass is 660 g/mol. The highest BCUT2D eigenvalue weighted by atomic mass is 35.5. The number of fused-ring (bicyclic) bond motifs is 1. The minimum atomic E-state index is -0.564. The zero-order chi connectivity index (χ0) is 33.3. The number of anilines is 1. The quantitative estimate of drug-likeness (QED) is 0.254. The number of amides is 3. The van der Waals surface area contributed by atoms with E-state index < -0.39 is 5.60 Å². The molecule has 0 bridgehead atoms. The fraction of sp³-hybridized carbons (Fsp3) is 0.500. The topological polar surface area (TPSA) is 100 Å². The first-order valence-corrected chi connectivity index (χ1v) is 16.9. The Bertz CT molecular complexity index is 1620. The zero-order valence-corrected chi connectivity index (χ0v) is 28.7. The number of benzene rings is 2. The van der Waals surface area contributed by atoms with Crippen molar-refractivity contribution >= 4 is 29.5 Å². The molecule has 1 aromatic heterocycles. The van der Waals surface area contributed by atoms with Crippen molar-refractivity contribution in [2.45, 2.75) is 84.3 Å². The molecule has 2 aromatic carbocycles. The largest absolute Gasteiger partial charge is 0.444 e. The molecule has 0 spiro atoms. The van der Waals surface area contributed by atoms with E-state index in [9.17, 15) is 9.59 Å². The SMILES string of the molecule is CC(Nc1nc(Cl)nc2c1CN(C(=O)N1CCOC(CC3CC3)C1)C2)c1cccc(-c2ccccc2CN(C)C(=O)OC(C)(C)C)c1. The number of morpholine rings is 1. The van der Waals surface area contributed by atoms with Crippen molar-refractivity contribution < 1.29 is 19.1 Å². The highest BCUT2D eigenvalue weighted by Gasteiger charge is 2.35.